The molecule has 0 aromatic carbocycles. The van der Waals surface area contributed by atoms with Crippen molar-refractivity contribution in [1.29, 1.82) is 0 Å². The van der Waals surface area contributed by atoms with Crippen molar-refractivity contribution in [3.63, 3.8) is 0 Å². The second kappa shape index (κ2) is 8.97. The molecule has 1 fully saturated rings. The average Bonchev–Trinajstić information content (AvgIpc) is 3.43. The van der Waals surface area contributed by atoms with Crippen molar-refractivity contribution in [3.05, 3.63) is 32.5 Å². The predicted octanol–water partition coefficient (Wildman–Crippen LogP) is 4.14. The summed E-state index contributed by atoms with van der Waals surface area (Å²) in [7, 11) is 0. The van der Waals surface area contributed by atoms with Crippen molar-refractivity contribution >= 4 is 33.3 Å². The molecule has 156 valence electrons. The van der Waals surface area contributed by atoms with Crippen molar-refractivity contribution in [2.75, 3.05) is 6.61 Å². The number of rotatable bonds is 8. The van der Waals surface area contributed by atoms with Gasteiger partial charge < -0.3 is 9.26 Å². The van der Waals surface area contributed by atoms with Gasteiger partial charge in [0.25, 0.3) is 5.56 Å². The Hall–Kier alpha value is -1.71. The standard InChI is InChI=1S/C20H26N4O3S2/c1-4-7-15-21-16(27-23-15)11-28-20-22-18-17(14(5-2)12(3)29-18)19(25)24(20)10-13-8-6-9-26-13/h13H,4-11H2,1-3H3. The van der Waals surface area contributed by atoms with Gasteiger partial charge in [-0.15, -0.1) is 11.3 Å². The Bertz CT molecular complexity index is 1050. The monoisotopic (exact) mass is 434 g/mol. The molecule has 3 aromatic heterocycles. The van der Waals surface area contributed by atoms with Gasteiger partial charge >= 0.3 is 0 Å². The second-order valence-corrected chi connectivity index (χ2v) is 9.40. The fraction of sp³-hybridized carbons (Fsp3) is 0.600. The molecule has 0 amide bonds. The lowest BCUT2D eigenvalue weighted by Gasteiger charge is -2.15. The molecule has 7 nitrogen and oxygen atoms in total. The molecule has 0 bridgehead atoms. The lowest BCUT2D eigenvalue weighted by molar-refractivity contribution is 0.0937. The Balaban J connectivity index is 1.68. The maximum atomic E-state index is 13.4. The van der Waals surface area contributed by atoms with E-state index in [9.17, 15) is 4.79 Å². The summed E-state index contributed by atoms with van der Waals surface area (Å²) in [6.45, 7) is 7.53. The zero-order valence-electron chi connectivity index (χ0n) is 17.1. The maximum absolute atomic E-state index is 13.4. The van der Waals surface area contributed by atoms with E-state index in [2.05, 4.69) is 30.9 Å². The third-order valence-electron chi connectivity index (χ3n) is 5.15. The summed E-state index contributed by atoms with van der Waals surface area (Å²) in [6, 6.07) is 0. The van der Waals surface area contributed by atoms with Gasteiger partial charge in [-0.25, -0.2) is 4.98 Å². The van der Waals surface area contributed by atoms with Crippen LogP contribution in [-0.4, -0.2) is 32.4 Å². The minimum atomic E-state index is 0.0337. The fourth-order valence-electron chi connectivity index (χ4n) is 3.72. The van der Waals surface area contributed by atoms with E-state index in [1.54, 1.807) is 15.9 Å². The SMILES string of the molecule is CCCc1noc(CSc2nc3sc(C)c(CC)c3c(=O)n2CC2CCCO2)n1. The van der Waals surface area contributed by atoms with E-state index in [1.807, 2.05) is 0 Å². The molecule has 1 atom stereocenters. The van der Waals surface area contributed by atoms with Crippen LogP contribution in [0.4, 0.5) is 0 Å². The van der Waals surface area contributed by atoms with Gasteiger partial charge in [0.1, 0.15) is 4.83 Å². The van der Waals surface area contributed by atoms with E-state index >= 15 is 0 Å². The van der Waals surface area contributed by atoms with Crippen LogP contribution >= 0.6 is 23.1 Å². The number of hydrogen-bond donors (Lipinski definition) is 0. The molecule has 1 unspecified atom stereocenters. The van der Waals surface area contributed by atoms with Gasteiger partial charge in [-0.3, -0.25) is 9.36 Å². The Morgan fingerprint density at radius 2 is 2.17 bits per heavy atom. The van der Waals surface area contributed by atoms with Gasteiger partial charge in [0.05, 0.1) is 23.8 Å². The number of thioether (sulfide) groups is 1. The number of ether oxygens (including phenoxy) is 1. The molecular weight excluding hydrogens is 408 g/mol. The zero-order chi connectivity index (χ0) is 20.4. The van der Waals surface area contributed by atoms with Crippen molar-refractivity contribution < 1.29 is 9.26 Å². The molecule has 0 N–H and O–H groups in total. The molecule has 0 aliphatic carbocycles. The van der Waals surface area contributed by atoms with Gasteiger partial charge in [0, 0.05) is 17.9 Å². The number of fused-ring (bicyclic) bond motifs is 1. The smallest absolute Gasteiger partial charge is 0.263 e. The van der Waals surface area contributed by atoms with Crippen molar-refractivity contribution in [2.45, 2.75) is 76.4 Å². The van der Waals surface area contributed by atoms with E-state index in [0.717, 1.165) is 60.3 Å². The van der Waals surface area contributed by atoms with Crippen LogP contribution in [0.15, 0.2) is 14.5 Å². The second-order valence-electron chi connectivity index (χ2n) is 7.26. The van der Waals surface area contributed by atoms with E-state index in [-0.39, 0.29) is 11.7 Å². The molecule has 9 heteroatoms. The first kappa shape index (κ1) is 20.6. The highest BCUT2D eigenvalue weighted by molar-refractivity contribution is 7.98. The first-order valence-corrected chi connectivity index (χ1v) is 12.0. The number of thiophene rings is 1. The molecular formula is C20H26N4O3S2. The minimum absolute atomic E-state index is 0.0337. The van der Waals surface area contributed by atoms with Crippen LogP contribution in [0.25, 0.3) is 10.2 Å². The molecule has 3 aromatic rings. The van der Waals surface area contributed by atoms with Crippen LogP contribution in [0.3, 0.4) is 0 Å². The molecule has 4 rings (SSSR count). The lowest BCUT2D eigenvalue weighted by atomic mass is 10.1. The molecule has 4 heterocycles. The van der Waals surface area contributed by atoms with Gasteiger partial charge in [-0.2, -0.15) is 4.98 Å². The maximum Gasteiger partial charge on any atom is 0.263 e. The van der Waals surface area contributed by atoms with E-state index in [0.29, 0.717) is 23.3 Å². The Labute approximate surface area is 177 Å². The summed E-state index contributed by atoms with van der Waals surface area (Å²) in [6.07, 6.45) is 4.69. The number of nitrogens with zero attached hydrogens (tertiary/aromatic N) is 4. The first-order valence-electron chi connectivity index (χ1n) is 10.2. The number of hydrogen-bond acceptors (Lipinski definition) is 8. The normalized spacial score (nSPS) is 16.9. The van der Waals surface area contributed by atoms with Crippen LogP contribution in [0.2, 0.25) is 0 Å². The molecule has 0 saturated carbocycles. The van der Waals surface area contributed by atoms with Gasteiger partial charge in [-0.1, -0.05) is 30.8 Å². The first-order chi connectivity index (χ1) is 14.1. The van der Waals surface area contributed by atoms with Crippen LogP contribution in [-0.2, 0) is 29.9 Å². The largest absolute Gasteiger partial charge is 0.376 e. The summed E-state index contributed by atoms with van der Waals surface area (Å²) < 4.78 is 12.9. The summed E-state index contributed by atoms with van der Waals surface area (Å²) in [5.74, 6) is 1.78. The van der Waals surface area contributed by atoms with Gasteiger partial charge in [0.15, 0.2) is 11.0 Å². The third kappa shape index (κ3) is 4.27. The summed E-state index contributed by atoms with van der Waals surface area (Å²) in [5, 5.41) is 5.47. The summed E-state index contributed by atoms with van der Waals surface area (Å²) >= 11 is 3.07. The van der Waals surface area contributed by atoms with Crippen LogP contribution in [0.1, 0.15) is 55.3 Å². The Morgan fingerprint density at radius 3 is 2.90 bits per heavy atom. The molecule has 0 radical (unpaired) electrons. The topological polar surface area (TPSA) is 83.0 Å². The number of aryl methyl sites for hydroxylation is 3. The minimum Gasteiger partial charge on any atom is -0.376 e. The predicted molar refractivity (Wildman–Crippen MR) is 115 cm³/mol. The highest BCUT2D eigenvalue weighted by Crippen LogP contribution is 2.30. The van der Waals surface area contributed by atoms with Gasteiger partial charge in [0.2, 0.25) is 5.89 Å². The summed E-state index contributed by atoms with van der Waals surface area (Å²) in [4.78, 5) is 24.7. The lowest BCUT2D eigenvalue weighted by Crippen LogP contribution is -2.29. The third-order valence-corrected chi connectivity index (χ3v) is 7.15. The van der Waals surface area contributed by atoms with E-state index in [4.69, 9.17) is 14.2 Å². The van der Waals surface area contributed by atoms with Crippen molar-refractivity contribution in [2.24, 2.45) is 0 Å². The van der Waals surface area contributed by atoms with E-state index in [1.165, 1.54) is 16.6 Å². The molecule has 1 aliphatic heterocycles. The Kier molecular flexibility index (Phi) is 6.36. The highest BCUT2D eigenvalue weighted by atomic mass is 32.2. The van der Waals surface area contributed by atoms with Crippen LogP contribution in [0.5, 0.6) is 0 Å². The Morgan fingerprint density at radius 1 is 1.31 bits per heavy atom. The zero-order valence-corrected chi connectivity index (χ0v) is 18.7. The molecule has 1 saturated heterocycles. The average molecular weight is 435 g/mol. The van der Waals surface area contributed by atoms with Crippen LogP contribution in [0, 0.1) is 6.92 Å². The quantitative estimate of drug-likeness (QED) is 0.389. The van der Waals surface area contributed by atoms with Gasteiger partial charge in [-0.05, 0) is 38.2 Å². The summed E-state index contributed by atoms with van der Waals surface area (Å²) in [5.41, 5.74) is 1.15. The molecule has 0 spiro atoms. The van der Waals surface area contributed by atoms with Crippen molar-refractivity contribution in [3.8, 4) is 0 Å². The number of aromatic nitrogens is 4. The molecule has 1 aliphatic rings. The van der Waals surface area contributed by atoms with Crippen molar-refractivity contribution in [1.82, 2.24) is 19.7 Å². The fourth-order valence-corrected chi connectivity index (χ4v) is 5.72. The molecule has 29 heavy (non-hydrogen) atoms. The van der Waals surface area contributed by atoms with Crippen LogP contribution < -0.4 is 5.56 Å². The highest BCUT2D eigenvalue weighted by Gasteiger charge is 2.23. The van der Waals surface area contributed by atoms with E-state index < -0.39 is 0 Å².